The van der Waals surface area contributed by atoms with Gasteiger partial charge in [-0.25, -0.2) is 0 Å². The van der Waals surface area contributed by atoms with E-state index in [0.29, 0.717) is 12.1 Å². The molecule has 0 fully saturated rings. The van der Waals surface area contributed by atoms with Crippen LogP contribution in [0.5, 0.6) is 0 Å². The monoisotopic (exact) mass is 177 g/mol. The highest BCUT2D eigenvalue weighted by Gasteiger charge is 2.35. The molecule has 0 heterocycles. The van der Waals surface area contributed by atoms with E-state index in [1.54, 1.807) is 14.2 Å². The van der Waals surface area contributed by atoms with Crippen LogP contribution in [-0.4, -0.2) is 29.3 Å². The molecule has 0 aliphatic carbocycles. The average molecular weight is 177 g/mol. The fraction of sp³-hybridized carbons (Fsp3) is 1.00. The molecular formula is C7H19NO2Si. The van der Waals surface area contributed by atoms with Crippen LogP contribution in [0.4, 0.5) is 0 Å². The van der Waals surface area contributed by atoms with E-state index in [9.17, 15) is 0 Å². The van der Waals surface area contributed by atoms with Crippen molar-refractivity contribution in [1.29, 1.82) is 0 Å². The third-order valence-corrected chi connectivity index (χ3v) is 6.01. The van der Waals surface area contributed by atoms with E-state index >= 15 is 0 Å². The van der Waals surface area contributed by atoms with Crippen LogP contribution in [0, 0.1) is 0 Å². The van der Waals surface area contributed by atoms with Crippen molar-refractivity contribution in [3.05, 3.63) is 0 Å². The Morgan fingerprint density at radius 3 is 2.09 bits per heavy atom. The molecule has 68 valence electrons. The van der Waals surface area contributed by atoms with E-state index in [1.807, 2.05) is 0 Å². The molecule has 0 aliphatic rings. The fourth-order valence-electron chi connectivity index (χ4n) is 0.998. The summed E-state index contributed by atoms with van der Waals surface area (Å²) in [6.45, 7) is 4.90. The smallest absolute Gasteiger partial charge is 0.337 e. The van der Waals surface area contributed by atoms with E-state index in [0.717, 1.165) is 6.42 Å². The highest BCUT2D eigenvalue weighted by Crippen LogP contribution is 2.24. The lowest BCUT2D eigenvalue weighted by Gasteiger charge is -2.28. The molecule has 0 rings (SSSR count). The van der Waals surface area contributed by atoms with Gasteiger partial charge in [0.2, 0.25) is 0 Å². The number of nitrogens with two attached hydrogens (primary N) is 1. The summed E-state index contributed by atoms with van der Waals surface area (Å²) < 4.78 is 10.7. The average Bonchev–Trinajstić information content (AvgIpc) is 2.03. The van der Waals surface area contributed by atoms with Crippen LogP contribution < -0.4 is 5.73 Å². The molecule has 2 N–H and O–H groups in total. The Balaban J connectivity index is 4.00. The van der Waals surface area contributed by atoms with Crippen molar-refractivity contribution in [3.63, 3.8) is 0 Å². The molecule has 11 heavy (non-hydrogen) atoms. The maximum absolute atomic E-state index is 5.45. The summed E-state index contributed by atoms with van der Waals surface area (Å²) in [7, 11) is 1.52. The summed E-state index contributed by atoms with van der Waals surface area (Å²) >= 11 is 0. The van der Waals surface area contributed by atoms with Gasteiger partial charge in [0.05, 0.1) is 0 Å². The number of hydrogen-bond donors (Lipinski definition) is 1. The highest BCUT2D eigenvalue weighted by atomic mass is 28.4. The minimum absolute atomic E-state index is 0.461. The predicted molar refractivity (Wildman–Crippen MR) is 48.7 cm³/mol. The minimum atomic E-state index is -1.90. The summed E-state index contributed by atoms with van der Waals surface area (Å²) in [6, 6.07) is 0. The topological polar surface area (TPSA) is 44.5 Å². The number of hydrogen-bond acceptors (Lipinski definition) is 3. The summed E-state index contributed by atoms with van der Waals surface area (Å²) in [5.41, 5.74) is 5.91. The first-order chi connectivity index (χ1) is 5.10. The molecule has 0 spiro atoms. The first-order valence-corrected chi connectivity index (χ1v) is 6.30. The largest absolute Gasteiger partial charge is 0.398 e. The van der Waals surface area contributed by atoms with Gasteiger partial charge in [-0.05, 0) is 19.5 Å². The molecule has 0 amide bonds. The van der Waals surface area contributed by atoms with Crippen LogP contribution in [0.3, 0.4) is 0 Å². The Morgan fingerprint density at radius 2 is 1.82 bits per heavy atom. The van der Waals surface area contributed by atoms with Crippen molar-refractivity contribution in [2.75, 3.05) is 20.8 Å². The molecule has 1 unspecified atom stereocenters. The van der Waals surface area contributed by atoms with Gasteiger partial charge in [-0.3, -0.25) is 0 Å². The molecule has 1 atom stereocenters. The molecular weight excluding hydrogens is 158 g/mol. The maximum Gasteiger partial charge on any atom is 0.337 e. The highest BCUT2D eigenvalue weighted by molar-refractivity contribution is 6.67. The van der Waals surface area contributed by atoms with E-state index in [4.69, 9.17) is 14.6 Å². The van der Waals surface area contributed by atoms with Crippen molar-refractivity contribution >= 4 is 8.56 Å². The minimum Gasteiger partial charge on any atom is -0.398 e. The number of rotatable bonds is 5. The van der Waals surface area contributed by atoms with Crippen molar-refractivity contribution < 1.29 is 8.85 Å². The quantitative estimate of drug-likeness (QED) is 0.639. The summed E-state index contributed by atoms with van der Waals surface area (Å²) in [4.78, 5) is 0. The SMILES string of the molecule is CO[Si](C)(OC)C(C)CCN. The molecule has 0 aliphatic heterocycles. The molecule has 0 aromatic rings. The van der Waals surface area contributed by atoms with Gasteiger partial charge in [0.1, 0.15) is 0 Å². The standard InChI is InChI=1S/C7H19NO2Si/c1-7(5-6-8)11(4,9-2)10-3/h7H,5-6,8H2,1-4H3. The second-order valence-electron chi connectivity index (χ2n) is 2.90. The zero-order valence-electron chi connectivity index (χ0n) is 7.89. The van der Waals surface area contributed by atoms with Gasteiger partial charge < -0.3 is 14.6 Å². The maximum atomic E-state index is 5.45. The van der Waals surface area contributed by atoms with Crippen LogP contribution in [0.2, 0.25) is 12.1 Å². The van der Waals surface area contributed by atoms with Crippen LogP contribution in [0.1, 0.15) is 13.3 Å². The fourth-order valence-corrected chi connectivity index (χ4v) is 2.66. The first-order valence-electron chi connectivity index (χ1n) is 3.91. The molecule has 3 nitrogen and oxygen atoms in total. The van der Waals surface area contributed by atoms with E-state index in [-0.39, 0.29) is 0 Å². The first kappa shape index (κ1) is 11.1. The van der Waals surface area contributed by atoms with Gasteiger partial charge >= 0.3 is 8.56 Å². The molecule has 4 heteroatoms. The lowest BCUT2D eigenvalue weighted by molar-refractivity contribution is 0.236. The summed E-state index contributed by atoms with van der Waals surface area (Å²) in [5, 5.41) is 0. The third kappa shape index (κ3) is 2.90. The van der Waals surface area contributed by atoms with Gasteiger partial charge in [-0.15, -0.1) is 0 Å². The zero-order chi connectivity index (χ0) is 8.91. The lowest BCUT2D eigenvalue weighted by Crippen LogP contribution is -2.41. The van der Waals surface area contributed by atoms with Gasteiger partial charge in [0.25, 0.3) is 0 Å². The predicted octanol–water partition coefficient (Wildman–Crippen LogP) is 1.09. The summed E-state index contributed by atoms with van der Waals surface area (Å²) in [6.07, 6.45) is 0.977. The second kappa shape index (κ2) is 4.87. The second-order valence-corrected chi connectivity index (χ2v) is 6.74. The van der Waals surface area contributed by atoms with Gasteiger partial charge in [0.15, 0.2) is 0 Å². The van der Waals surface area contributed by atoms with Crippen LogP contribution >= 0.6 is 0 Å². The van der Waals surface area contributed by atoms with Crippen LogP contribution in [-0.2, 0) is 8.85 Å². The Morgan fingerprint density at radius 1 is 1.36 bits per heavy atom. The lowest BCUT2D eigenvalue weighted by atomic mass is 10.3. The molecule has 0 saturated heterocycles. The van der Waals surface area contributed by atoms with E-state index in [1.165, 1.54) is 0 Å². The Bertz CT molecular complexity index is 107. The molecule has 0 aromatic heterocycles. The molecule has 0 saturated carbocycles. The van der Waals surface area contributed by atoms with Gasteiger partial charge in [0, 0.05) is 19.8 Å². The van der Waals surface area contributed by atoms with Crippen molar-refractivity contribution in [2.45, 2.75) is 25.4 Å². The van der Waals surface area contributed by atoms with Crippen LogP contribution in [0.25, 0.3) is 0 Å². The summed E-state index contributed by atoms with van der Waals surface area (Å²) in [5.74, 6) is 0. The molecule has 0 radical (unpaired) electrons. The third-order valence-electron chi connectivity index (χ3n) is 2.31. The van der Waals surface area contributed by atoms with Crippen molar-refractivity contribution in [2.24, 2.45) is 5.73 Å². The molecule has 0 aromatic carbocycles. The molecule has 0 bridgehead atoms. The zero-order valence-corrected chi connectivity index (χ0v) is 8.89. The Hall–Kier alpha value is 0.0969. The van der Waals surface area contributed by atoms with E-state index in [2.05, 4.69) is 13.5 Å². The van der Waals surface area contributed by atoms with E-state index < -0.39 is 8.56 Å². The normalized spacial score (nSPS) is 15.0. The Kier molecular flexibility index (Phi) is 4.91. The van der Waals surface area contributed by atoms with Gasteiger partial charge in [-0.2, -0.15) is 0 Å². The van der Waals surface area contributed by atoms with Crippen LogP contribution in [0.15, 0.2) is 0 Å². The van der Waals surface area contributed by atoms with Crippen molar-refractivity contribution in [1.82, 2.24) is 0 Å². The van der Waals surface area contributed by atoms with Crippen molar-refractivity contribution in [3.8, 4) is 0 Å². The van der Waals surface area contributed by atoms with Gasteiger partial charge in [-0.1, -0.05) is 6.92 Å². The Labute approximate surface area is 70.1 Å².